The second kappa shape index (κ2) is 8.06. The minimum absolute atomic E-state index is 0.0145. The molecule has 5 nitrogen and oxygen atoms in total. The SMILES string of the molecule is CC(C)n1cc(-c2ccnc3[nH]c(C4CCN(CC(F)F)CC4)cc23)ccc1=O. The highest BCUT2D eigenvalue weighted by atomic mass is 19.3. The van der Waals surface area contributed by atoms with Gasteiger partial charge in [0.25, 0.3) is 12.0 Å². The highest BCUT2D eigenvalue weighted by Gasteiger charge is 2.24. The summed E-state index contributed by atoms with van der Waals surface area (Å²) in [5.41, 5.74) is 3.91. The van der Waals surface area contributed by atoms with Gasteiger partial charge in [-0.15, -0.1) is 0 Å². The van der Waals surface area contributed by atoms with Crippen LogP contribution in [0.3, 0.4) is 0 Å². The number of pyridine rings is 2. The van der Waals surface area contributed by atoms with Gasteiger partial charge in [0, 0.05) is 41.5 Å². The van der Waals surface area contributed by atoms with Gasteiger partial charge in [0.1, 0.15) is 5.65 Å². The van der Waals surface area contributed by atoms with Crippen molar-refractivity contribution in [3.05, 3.63) is 52.7 Å². The van der Waals surface area contributed by atoms with E-state index in [1.807, 2.05) is 37.1 Å². The Morgan fingerprint density at radius 2 is 1.97 bits per heavy atom. The number of alkyl halides is 2. The molecule has 0 atom stereocenters. The summed E-state index contributed by atoms with van der Waals surface area (Å²) in [4.78, 5) is 21.9. The number of aromatic nitrogens is 3. The van der Waals surface area contributed by atoms with E-state index in [9.17, 15) is 13.6 Å². The highest BCUT2D eigenvalue weighted by Crippen LogP contribution is 2.33. The lowest BCUT2D eigenvalue weighted by atomic mass is 9.93. The second-order valence-electron chi connectivity index (χ2n) is 8.07. The molecule has 1 aliphatic rings. The van der Waals surface area contributed by atoms with E-state index < -0.39 is 6.43 Å². The van der Waals surface area contributed by atoms with Crippen molar-refractivity contribution >= 4 is 11.0 Å². The third kappa shape index (κ3) is 4.10. The van der Waals surface area contributed by atoms with E-state index in [4.69, 9.17) is 0 Å². The summed E-state index contributed by atoms with van der Waals surface area (Å²) < 4.78 is 27.0. The van der Waals surface area contributed by atoms with Crippen molar-refractivity contribution in [2.75, 3.05) is 19.6 Å². The number of nitrogens with zero attached hydrogens (tertiary/aromatic N) is 3. The summed E-state index contributed by atoms with van der Waals surface area (Å²) in [5, 5.41) is 1.02. The Morgan fingerprint density at radius 3 is 2.66 bits per heavy atom. The summed E-state index contributed by atoms with van der Waals surface area (Å²) in [6, 6.07) is 7.64. The van der Waals surface area contributed by atoms with Crippen LogP contribution in [0.15, 0.2) is 41.5 Å². The van der Waals surface area contributed by atoms with Gasteiger partial charge in [-0.25, -0.2) is 13.8 Å². The summed E-state index contributed by atoms with van der Waals surface area (Å²) in [6.45, 7) is 5.20. The fourth-order valence-corrected chi connectivity index (χ4v) is 4.21. The molecule has 0 radical (unpaired) electrons. The van der Waals surface area contributed by atoms with Crippen LogP contribution in [0, 0.1) is 0 Å². The largest absolute Gasteiger partial charge is 0.343 e. The minimum atomic E-state index is -2.28. The normalized spacial score (nSPS) is 16.3. The molecule has 0 amide bonds. The first kappa shape index (κ1) is 19.8. The molecule has 4 heterocycles. The van der Waals surface area contributed by atoms with Crippen LogP contribution < -0.4 is 5.56 Å². The van der Waals surface area contributed by atoms with E-state index in [1.54, 1.807) is 16.8 Å². The lowest BCUT2D eigenvalue weighted by Crippen LogP contribution is -2.36. The van der Waals surface area contributed by atoms with Gasteiger partial charge < -0.3 is 9.55 Å². The number of aromatic amines is 1. The van der Waals surface area contributed by atoms with Crippen LogP contribution in [0.1, 0.15) is 44.3 Å². The maximum absolute atomic E-state index is 12.6. The smallest absolute Gasteiger partial charge is 0.251 e. The molecule has 0 aliphatic carbocycles. The fraction of sp³-hybridized carbons (Fsp3) is 0.455. The fourth-order valence-electron chi connectivity index (χ4n) is 4.21. The van der Waals surface area contributed by atoms with Crippen molar-refractivity contribution in [1.29, 1.82) is 0 Å². The Hall–Kier alpha value is -2.54. The molecule has 3 aromatic rings. The number of halogens is 2. The molecule has 3 aromatic heterocycles. The lowest BCUT2D eigenvalue weighted by molar-refractivity contribution is 0.0752. The Kier molecular flexibility index (Phi) is 5.50. The van der Waals surface area contributed by atoms with Crippen LogP contribution in [-0.2, 0) is 0 Å². The van der Waals surface area contributed by atoms with Crippen LogP contribution in [-0.4, -0.2) is 45.5 Å². The Morgan fingerprint density at radius 1 is 1.21 bits per heavy atom. The van der Waals surface area contributed by atoms with Gasteiger partial charge >= 0.3 is 0 Å². The molecule has 29 heavy (non-hydrogen) atoms. The third-order valence-corrected chi connectivity index (χ3v) is 5.78. The van der Waals surface area contributed by atoms with Crippen molar-refractivity contribution < 1.29 is 8.78 Å². The second-order valence-corrected chi connectivity index (χ2v) is 8.07. The van der Waals surface area contributed by atoms with Gasteiger partial charge in [0.2, 0.25) is 0 Å². The number of hydrogen-bond acceptors (Lipinski definition) is 3. The molecule has 0 aromatic carbocycles. The van der Waals surface area contributed by atoms with Crippen molar-refractivity contribution in [2.24, 2.45) is 0 Å². The zero-order valence-corrected chi connectivity index (χ0v) is 16.7. The average Bonchev–Trinajstić information content (AvgIpc) is 3.12. The number of nitrogens with one attached hydrogen (secondary N) is 1. The van der Waals surface area contributed by atoms with Crippen LogP contribution >= 0.6 is 0 Å². The zero-order chi connectivity index (χ0) is 20.5. The number of likely N-dealkylation sites (tertiary alicyclic amines) is 1. The number of H-pyrrole nitrogens is 1. The van der Waals surface area contributed by atoms with Gasteiger partial charge in [-0.05, 0) is 69.1 Å². The standard InChI is InChI=1S/C22H26F2N4O/c1-14(2)28-12-16(3-4-21(28)29)17-5-8-25-22-18(17)11-19(26-22)15-6-9-27(10-7-15)13-20(23)24/h3-5,8,11-12,14-15,20H,6-7,9-10,13H2,1-2H3,(H,25,26). The van der Waals surface area contributed by atoms with Crippen LogP contribution in [0.2, 0.25) is 0 Å². The summed E-state index contributed by atoms with van der Waals surface area (Å²) in [5.74, 6) is 0.315. The zero-order valence-electron chi connectivity index (χ0n) is 16.7. The number of rotatable bonds is 5. The molecule has 0 spiro atoms. The Balaban J connectivity index is 1.63. The Labute approximate surface area is 168 Å². The molecule has 4 rings (SSSR count). The van der Waals surface area contributed by atoms with Gasteiger partial charge in [-0.2, -0.15) is 0 Å². The van der Waals surface area contributed by atoms with Crippen LogP contribution in [0.5, 0.6) is 0 Å². The number of hydrogen-bond donors (Lipinski definition) is 1. The first-order chi connectivity index (χ1) is 13.9. The van der Waals surface area contributed by atoms with Crippen LogP contribution in [0.4, 0.5) is 8.78 Å². The lowest BCUT2D eigenvalue weighted by Gasteiger charge is -2.31. The molecule has 154 valence electrons. The first-order valence-electron chi connectivity index (χ1n) is 10.1. The van der Waals surface area contributed by atoms with E-state index in [-0.39, 0.29) is 18.1 Å². The van der Waals surface area contributed by atoms with E-state index >= 15 is 0 Å². The molecule has 0 bridgehead atoms. The molecule has 1 aliphatic heterocycles. The topological polar surface area (TPSA) is 53.9 Å². The van der Waals surface area contributed by atoms with Gasteiger partial charge in [0.05, 0.1) is 6.54 Å². The van der Waals surface area contributed by atoms with Crippen LogP contribution in [0.25, 0.3) is 22.2 Å². The first-order valence-corrected chi connectivity index (χ1v) is 10.1. The molecule has 1 N–H and O–H groups in total. The molecular weight excluding hydrogens is 374 g/mol. The molecule has 7 heteroatoms. The van der Waals surface area contributed by atoms with Gasteiger partial charge in [-0.1, -0.05) is 0 Å². The minimum Gasteiger partial charge on any atom is -0.343 e. The molecule has 0 unspecified atom stereocenters. The summed E-state index contributed by atoms with van der Waals surface area (Å²) in [6.07, 6.45) is 3.10. The van der Waals surface area contributed by atoms with Crippen molar-refractivity contribution in [2.45, 2.75) is 45.1 Å². The predicted molar refractivity (Wildman–Crippen MR) is 111 cm³/mol. The van der Waals surface area contributed by atoms with Crippen molar-refractivity contribution in [3.8, 4) is 11.1 Å². The van der Waals surface area contributed by atoms with Crippen molar-refractivity contribution in [1.82, 2.24) is 19.4 Å². The van der Waals surface area contributed by atoms with E-state index in [1.165, 1.54) is 0 Å². The third-order valence-electron chi connectivity index (χ3n) is 5.78. The monoisotopic (exact) mass is 400 g/mol. The maximum atomic E-state index is 12.6. The van der Waals surface area contributed by atoms with Gasteiger partial charge in [-0.3, -0.25) is 9.69 Å². The number of piperidine rings is 1. The molecule has 1 fully saturated rings. The summed E-state index contributed by atoms with van der Waals surface area (Å²) >= 11 is 0. The molecule has 0 saturated carbocycles. The molecular formula is C22H26F2N4O. The van der Waals surface area contributed by atoms with E-state index in [0.29, 0.717) is 19.0 Å². The average molecular weight is 400 g/mol. The van der Waals surface area contributed by atoms with E-state index in [0.717, 1.165) is 40.7 Å². The van der Waals surface area contributed by atoms with Gasteiger partial charge in [0.15, 0.2) is 0 Å². The quantitative estimate of drug-likeness (QED) is 0.690. The number of fused-ring (bicyclic) bond motifs is 1. The van der Waals surface area contributed by atoms with E-state index in [2.05, 4.69) is 16.0 Å². The summed E-state index contributed by atoms with van der Waals surface area (Å²) in [7, 11) is 0. The Bertz CT molecular complexity index is 1050. The van der Waals surface area contributed by atoms with Crippen molar-refractivity contribution in [3.63, 3.8) is 0 Å². The highest BCUT2D eigenvalue weighted by molar-refractivity contribution is 5.93. The molecule has 1 saturated heterocycles. The maximum Gasteiger partial charge on any atom is 0.251 e. The predicted octanol–water partition coefficient (Wildman–Crippen LogP) is 4.42.